The molecule has 1 aliphatic carbocycles. The number of rotatable bonds is 3. The normalized spacial score (nSPS) is 20.5. The number of halogens is 1. The highest BCUT2D eigenvalue weighted by molar-refractivity contribution is 6.08. The van der Waals surface area contributed by atoms with Crippen molar-refractivity contribution in [2.45, 2.75) is 39.0 Å². The van der Waals surface area contributed by atoms with Crippen LogP contribution < -0.4 is 4.90 Å². The number of benzene rings is 1. The fourth-order valence-corrected chi connectivity index (χ4v) is 4.79. The lowest BCUT2D eigenvalue weighted by Gasteiger charge is -2.39. The molecule has 5 rings (SSSR count). The molecule has 6 heteroatoms. The second kappa shape index (κ2) is 9.16. The fourth-order valence-electron chi connectivity index (χ4n) is 4.79. The Morgan fingerprint density at radius 1 is 0.941 bits per heavy atom. The maximum atomic E-state index is 13.3. The lowest BCUT2D eigenvalue weighted by atomic mass is 9.83. The van der Waals surface area contributed by atoms with Gasteiger partial charge in [-0.1, -0.05) is 57.2 Å². The summed E-state index contributed by atoms with van der Waals surface area (Å²) < 4.78 is 13.3. The van der Waals surface area contributed by atoms with Crippen LogP contribution in [0, 0.1) is 11.7 Å². The smallest absolute Gasteiger partial charge is 0.155 e. The molecular formula is C28H32FN5. The standard InChI is InChI=1S/C28H32FN5/c1-28(2,3)21-10-13-26(30-19-21)33-14-16-34(17-15-33)27-24-7-5-4-6-23(24)25(31-32-27)18-20-8-11-22(29)12-9-20/h4-5,7-13,19,23H,6,14-18H2,1-3H3. The average molecular weight is 458 g/mol. The Morgan fingerprint density at radius 2 is 1.68 bits per heavy atom. The highest BCUT2D eigenvalue weighted by Crippen LogP contribution is 2.31. The van der Waals surface area contributed by atoms with Crippen LogP contribution in [0.4, 0.5) is 10.2 Å². The third kappa shape index (κ3) is 4.67. The van der Waals surface area contributed by atoms with Gasteiger partial charge in [0.05, 0.1) is 5.71 Å². The summed E-state index contributed by atoms with van der Waals surface area (Å²) in [6.07, 6.45) is 10.1. The number of aromatic nitrogens is 1. The van der Waals surface area contributed by atoms with Crippen molar-refractivity contribution < 1.29 is 4.39 Å². The first-order valence-corrected chi connectivity index (χ1v) is 12.1. The average Bonchev–Trinajstić information content (AvgIpc) is 2.85. The van der Waals surface area contributed by atoms with Crippen LogP contribution in [-0.4, -0.2) is 47.6 Å². The SMILES string of the molecule is CC(C)(C)c1ccc(N2CCN(C3=NN=C(Cc4ccc(F)cc4)C4CC=CC=C34)CC2)nc1. The maximum Gasteiger partial charge on any atom is 0.155 e. The highest BCUT2D eigenvalue weighted by Gasteiger charge is 2.32. The predicted octanol–water partition coefficient (Wildman–Crippen LogP) is 5.15. The predicted molar refractivity (Wildman–Crippen MR) is 137 cm³/mol. The largest absolute Gasteiger partial charge is 0.353 e. The molecule has 1 atom stereocenters. The number of hydrogen-bond acceptors (Lipinski definition) is 5. The Hall–Kier alpha value is -3.28. The number of pyridine rings is 1. The Balaban J connectivity index is 1.29. The number of piperazine rings is 1. The molecule has 0 N–H and O–H groups in total. The van der Waals surface area contributed by atoms with E-state index in [9.17, 15) is 4.39 Å². The third-order valence-electron chi connectivity index (χ3n) is 6.91. The van der Waals surface area contributed by atoms with Crippen LogP contribution in [-0.2, 0) is 11.8 Å². The van der Waals surface area contributed by atoms with E-state index in [2.05, 4.69) is 71.1 Å². The molecule has 2 aliphatic heterocycles. The summed E-state index contributed by atoms with van der Waals surface area (Å²) in [6.45, 7) is 10.2. The molecule has 0 saturated carbocycles. The molecule has 5 nitrogen and oxygen atoms in total. The van der Waals surface area contributed by atoms with Crippen LogP contribution in [0.3, 0.4) is 0 Å². The van der Waals surface area contributed by atoms with E-state index in [1.54, 1.807) is 0 Å². The monoisotopic (exact) mass is 457 g/mol. The lowest BCUT2D eigenvalue weighted by Crippen LogP contribution is -2.50. The molecule has 1 unspecified atom stereocenters. The molecular weight excluding hydrogens is 425 g/mol. The molecule has 2 aromatic rings. The van der Waals surface area contributed by atoms with Gasteiger partial charge in [0.25, 0.3) is 0 Å². The van der Waals surface area contributed by atoms with Crippen molar-refractivity contribution in [1.82, 2.24) is 9.88 Å². The van der Waals surface area contributed by atoms with Crippen LogP contribution in [0.2, 0.25) is 0 Å². The van der Waals surface area contributed by atoms with Gasteiger partial charge in [-0.15, -0.1) is 5.10 Å². The molecule has 176 valence electrons. The summed E-state index contributed by atoms with van der Waals surface area (Å²) in [4.78, 5) is 9.45. The van der Waals surface area contributed by atoms with Gasteiger partial charge < -0.3 is 9.80 Å². The Kier molecular flexibility index (Phi) is 6.07. The minimum absolute atomic E-state index is 0.109. The van der Waals surface area contributed by atoms with Gasteiger partial charge >= 0.3 is 0 Å². The van der Waals surface area contributed by atoms with Crippen molar-refractivity contribution in [1.29, 1.82) is 0 Å². The van der Waals surface area contributed by atoms with E-state index in [4.69, 9.17) is 4.98 Å². The summed E-state index contributed by atoms with van der Waals surface area (Å²) in [5.41, 5.74) is 4.72. The molecule has 1 aromatic heterocycles. The first-order chi connectivity index (χ1) is 16.4. The van der Waals surface area contributed by atoms with E-state index in [0.717, 1.165) is 55.5 Å². The molecule has 0 spiro atoms. The van der Waals surface area contributed by atoms with Crippen LogP contribution in [0.25, 0.3) is 0 Å². The minimum Gasteiger partial charge on any atom is -0.353 e. The molecule has 0 bridgehead atoms. The Morgan fingerprint density at radius 3 is 2.35 bits per heavy atom. The number of nitrogens with zero attached hydrogens (tertiary/aromatic N) is 5. The van der Waals surface area contributed by atoms with Gasteiger partial charge in [-0.2, -0.15) is 5.10 Å². The fraction of sp³-hybridized carbons (Fsp3) is 0.393. The Labute approximate surface area is 201 Å². The second-order valence-electron chi connectivity index (χ2n) is 10.3. The summed E-state index contributed by atoms with van der Waals surface area (Å²) >= 11 is 0. The number of anilines is 1. The number of hydrogen-bond donors (Lipinski definition) is 0. The zero-order chi connectivity index (χ0) is 23.7. The van der Waals surface area contributed by atoms with Gasteiger partial charge in [0.2, 0.25) is 0 Å². The van der Waals surface area contributed by atoms with Gasteiger partial charge in [-0.05, 0) is 41.2 Å². The quantitative estimate of drug-likeness (QED) is 0.640. The molecule has 3 heterocycles. The van der Waals surface area contributed by atoms with Crippen molar-refractivity contribution >= 4 is 17.4 Å². The summed E-state index contributed by atoms with van der Waals surface area (Å²) in [5.74, 6) is 2.05. The summed E-state index contributed by atoms with van der Waals surface area (Å²) in [6, 6.07) is 11.0. The summed E-state index contributed by atoms with van der Waals surface area (Å²) in [7, 11) is 0. The molecule has 3 aliphatic rings. The second-order valence-corrected chi connectivity index (χ2v) is 10.3. The maximum absolute atomic E-state index is 13.3. The zero-order valence-corrected chi connectivity index (χ0v) is 20.2. The van der Waals surface area contributed by atoms with E-state index in [1.807, 2.05) is 18.3 Å². The van der Waals surface area contributed by atoms with Crippen LogP contribution >= 0.6 is 0 Å². The van der Waals surface area contributed by atoms with Gasteiger partial charge in [0.1, 0.15) is 11.6 Å². The lowest BCUT2D eigenvalue weighted by molar-refractivity contribution is 0.380. The van der Waals surface area contributed by atoms with Gasteiger partial charge in [-0.3, -0.25) is 0 Å². The van der Waals surface area contributed by atoms with Crippen molar-refractivity contribution in [2.24, 2.45) is 16.1 Å². The van der Waals surface area contributed by atoms with E-state index in [1.165, 1.54) is 23.3 Å². The molecule has 1 saturated heterocycles. The number of allylic oxidation sites excluding steroid dienone is 3. The van der Waals surface area contributed by atoms with Crippen LogP contribution in [0.15, 0.2) is 76.6 Å². The Bertz CT molecular complexity index is 1140. The topological polar surface area (TPSA) is 44.1 Å². The van der Waals surface area contributed by atoms with E-state index in [0.29, 0.717) is 6.42 Å². The molecule has 34 heavy (non-hydrogen) atoms. The van der Waals surface area contributed by atoms with E-state index in [-0.39, 0.29) is 17.2 Å². The number of fused-ring (bicyclic) bond motifs is 1. The van der Waals surface area contributed by atoms with Gasteiger partial charge in [0.15, 0.2) is 5.84 Å². The van der Waals surface area contributed by atoms with E-state index < -0.39 is 0 Å². The van der Waals surface area contributed by atoms with Gasteiger partial charge in [0, 0.05) is 50.3 Å². The minimum atomic E-state index is -0.213. The van der Waals surface area contributed by atoms with Crippen molar-refractivity contribution in [3.05, 3.63) is 83.3 Å². The third-order valence-corrected chi connectivity index (χ3v) is 6.91. The molecule has 1 fully saturated rings. The molecule has 0 amide bonds. The van der Waals surface area contributed by atoms with Crippen LogP contribution in [0.5, 0.6) is 0 Å². The van der Waals surface area contributed by atoms with Crippen molar-refractivity contribution in [3.63, 3.8) is 0 Å². The molecule has 1 aromatic carbocycles. The van der Waals surface area contributed by atoms with Gasteiger partial charge in [-0.25, -0.2) is 9.37 Å². The first-order valence-electron chi connectivity index (χ1n) is 12.1. The zero-order valence-electron chi connectivity index (χ0n) is 20.2. The first kappa shape index (κ1) is 22.5. The number of amidine groups is 1. The van der Waals surface area contributed by atoms with E-state index >= 15 is 0 Å². The highest BCUT2D eigenvalue weighted by atomic mass is 19.1. The molecule has 0 radical (unpaired) electrons. The van der Waals surface area contributed by atoms with Crippen molar-refractivity contribution in [2.75, 3.05) is 31.1 Å². The van der Waals surface area contributed by atoms with Crippen LogP contribution in [0.1, 0.15) is 38.3 Å². The summed E-state index contributed by atoms with van der Waals surface area (Å²) in [5, 5.41) is 9.36. The van der Waals surface area contributed by atoms with Crippen molar-refractivity contribution in [3.8, 4) is 0 Å².